The van der Waals surface area contributed by atoms with Gasteiger partial charge in [0.05, 0.1) is 13.2 Å². The standard InChI is InChI=1S/C19H26N2O2S/c1-3-19(24-14-1)16-23-18-6-4-17(5-7-18)15-20-8-2-9-21-10-12-22-13-11-21/h1,3-7,14,20H,2,8-13,15-16H2. The first kappa shape index (κ1) is 17.4. The molecule has 2 heterocycles. The van der Waals surface area contributed by atoms with Crippen LogP contribution in [0.25, 0.3) is 0 Å². The van der Waals surface area contributed by atoms with Crippen molar-refractivity contribution in [3.63, 3.8) is 0 Å². The van der Waals surface area contributed by atoms with E-state index in [1.54, 1.807) is 11.3 Å². The van der Waals surface area contributed by atoms with Crippen LogP contribution in [0.2, 0.25) is 0 Å². The number of hydrogen-bond donors (Lipinski definition) is 1. The third kappa shape index (κ3) is 5.91. The molecule has 0 amide bonds. The molecule has 0 saturated carbocycles. The summed E-state index contributed by atoms with van der Waals surface area (Å²) in [7, 11) is 0. The van der Waals surface area contributed by atoms with E-state index in [0.717, 1.165) is 51.7 Å². The molecule has 3 rings (SSSR count). The third-order valence-electron chi connectivity index (χ3n) is 4.15. The summed E-state index contributed by atoms with van der Waals surface area (Å²) >= 11 is 1.73. The number of nitrogens with zero attached hydrogens (tertiary/aromatic N) is 1. The number of morpholine rings is 1. The molecule has 0 bridgehead atoms. The van der Waals surface area contributed by atoms with Crippen LogP contribution in [0.1, 0.15) is 16.9 Å². The lowest BCUT2D eigenvalue weighted by atomic mass is 10.2. The summed E-state index contributed by atoms with van der Waals surface area (Å²) in [6, 6.07) is 12.5. The Bertz CT molecular complexity index is 566. The Hall–Kier alpha value is -1.40. The average molecular weight is 346 g/mol. The maximum absolute atomic E-state index is 5.79. The van der Waals surface area contributed by atoms with Crippen molar-refractivity contribution in [1.82, 2.24) is 10.2 Å². The van der Waals surface area contributed by atoms with Crippen molar-refractivity contribution in [2.75, 3.05) is 39.4 Å². The van der Waals surface area contributed by atoms with Gasteiger partial charge < -0.3 is 14.8 Å². The highest BCUT2D eigenvalue weighted by Gasteiger charge is 2.08. The van der Waals surface area contributed by atoms with E-state index in [1.165, 1.54) is 16.9 Å². The second-order valence-electron chi connectivity index (χ2n) is 6.00. The van der Waals surface area contributed by atoms with Crippen LogP contribution in [0.3, 0.4) is 0 Å². The van der Waals surface area contributed by atoms with Crippen LogP contribution in [0.4, 0.5) is 0 Å². The zero-order chi connectivity index (χ0) is 16.5. The molecule has 130 valence electrons. The van der Waals surface area contributed by atoms with E-state index in [-0.39, 0.29) is 0 Å². The summed E-state index contributed by atoms with van der Waals surface area (Å²) in [6.07, 6.45) is 1.18. The topological polar surface area (TPSA) is 33.7 Å². The highest BCUT2D eigenvalue weighted by atomic mass is 32.1. The van der Waals surface area contributed by atoms with Gasteiger partial charge in [-0.05, 0) is 48.7 Å². The molecule has 0 atom stereocenters. The van der Waals surface area contributed by atoms with Crippen LogP contribution in [0.5, 0.6) is 5.75 Å². The summed E-state index contributed by atoms with van der Waals surface area (Å²) in [4.78, 5) is 3.73. The summed E-state index contributed by atoms with van der Waals surface area (Å²) < 4.78 is 11.2. The predicted octanol–water partition coefficient (Wildman–Crippen LogP) is 3.14. The van der Waals surface area contributed by atoms with E-state index >= 15 is 0 Å². The molecule has 24 heavy (non-hydrogen) atoms. The van der Waals surface area contributed by atoms with Gasteiger partial charge in [-0.15, -0.1) is 11.3 Å². The molecule has 1 saturated heterocycles. The summed E-state index contributed by atoms with van der Waals surface area (Å²) in [5.74, 6) is 0.930. The third-order valence-corrected chi connectivity index (χ3v) is 5.00. The van der Waals surface area contributed by atoms with Crippen molar-refractivity contribution >= 4 is 11.3 Å². The normalized spacial score (nSPS) is 15.5. The van der Waals surface area contributed by atoms with Crippen molar-refractivity contribution in [3.8, 4) is 5.75 Å². The maximum atomic E-state index is 5.79. The van der Waals surface area contributed by atoms with Crippen LogP contribution >= 0.6 is 11.3 Å². The number of benzene rings is 1. The minimum atomic E-state index is 0.650. The molecule has 0 unspecified atom stereocenters. The first-order valence-electron chi connectivity index (χ1n) is 8.65. The molecule has 1 aromatic heterocycles. The smallest absolute Gasteiger partial charge is 0.122 e. The van der Waals surface area contributed by atoms with E-state index in [0.29, 0.717) is 6.61 Å². The minimum Gasteiger partial charge on any atom is -0.488 e. The van der Waals surface area contributed by atoms with Crippen LogP contribution in [0.15, 0.2) is 41.8 Å². The highest BCUT2D eigenvalue weighted by molar-refractivity contribution is 7.09. The number of ether oxygens (including phenoxy) is 2. The van der Waals surface area contributed by atoms with Crippen molar-refractivity contribution < 1.29 is 9.47 Å². The molecule has 1 N–H and O–H groups in total. The van der Waals surface area contributed by atoms with Gasteiger partial charge in [0.25, 0.3) is 0 Å². The molecule has 1 aromatic carbocycles. The van der Waals surface area contributed by atoms with Gasteiger partial charge in [0.15, 0.2) is 0 Å². The molecule has 1 aliphatic rings. The lowest BCUT2D eigenvalue weighted by molar-refractivity contribution is 0.0374. The molecule has 1 fully saturated rings. The number of hydrogen-bond acceptors (Lipinski definition) is 5. The Morgan fingerprint density at radius 1 is 1.12 bits per heavy atom. The molecule has 0 aliphatic carbocycles. The van der Waals surface area contributed by atoms with Crippen LogP contribution in [0, 0.1) is 0 Å². The van der Waals surface area contributed by atoms with Gasteiger partial charge in [0.2, 0.25) is 0 Å². The second-order valence-corrected chi connectivity index (χ2v) is 7.03. The summed E-state index contributed by atoms with van der Waals surface area (Å²) in [5, 5.41) is 5.59. The Morgan fingerprint density at radius 3 is 2.71 bits per heavy atom. The Morgan fingerprint density at radius 2 is 1.96 bits per heavy atom. The Balaban J connectivity index is 1.29. The van der Waals surface area contributed by atoms with Gasteiger partial charge in [-0.3, -0.25) is 4.90 Å². The quantitative estimate of drug-likeness (QED) is 0.707. The summed E-state index contributed by atoms with van der Waals surface area (Å²) in [5.41, 5.74) is 1.30. The van der Waals surface area contributed by atoms with Crippen molar-refractivity contribution in [2.24, 2.45) is 0 Å². The van der Waals surface area contributed by atoms with Gasteiger partial charge in [-0.25, -0.2) is 0 Å². The molecule has 4 nitrogen and oxygen atoms in total. The molecule has 0 radical (unpaired) electrons. The number of rotatable bonds is 9. The molecule has 2 aromatic rings. The first-order valence-corrected chi connectivity index (χ1v) is 9.53. The fourth-order valence-corrected chi connectivity index (χ4v) is 3.35. The maximum Gasteiger partial charge on any atom is 0.122 e. The fraction of sp³-hybridized carbons (Fsp3) is 0.474. The van der Waals surface area contributed by atoms with E-state index in [9.17, 15) is 0 Å². The molecule has 1 aliphatic heterocycles. The SMILES string of the molecule is c1csc(COc2ccc(CNCCCN3CCOCC3)cc2)c1. The van der Waals surface area contributed by atoms with Gasteiger partial charge in [0.1, 0.15) is 12.4 Å². The monoisotopic (exact) mass is 346 g/mol. The van der Waals surface area contributed by atoms with Crippen molar-refractivity contribution in [1.29, 1.82) is 0 Å². The molecule has 0 spiro atoms. The Labute approximate surface area is 148 Å². The van der Waals surface area contributed by atoms with Crippen LogP contribution in [-0.4, -0.2) is 44.3 Å². The van der Waals surface area contributed by atoms with Gasteiger partial charge in [-0.2, -0.15) is 0 Å². The van der Waals surface area contributed by atoms with Crippen molar-refractivity contribution in [3.05, 3.63) is 52.2 Å². The van der Waals surface area contributed by atoms with E-state index in [4.69, 9.17) is 9.47 Å². The van der Waals surface area contributed by atoms with E-state index in [2.05, 4.69) is 52.0 Å². The van der Waals surface area contributed by atoms with Crippen LogP contribution < -0.4 is 10.1 Å². The lowest BCUT2D eigenvalue weighted by Gasteiger charge is -2.26. The van der Waals surface area contributed by atoms with Crippen molar-refractivity contribution in [2.45, 2.75) is 19.6 Å². The van der Waals surface area contributed by atoms with Gasteiger partial charge >= 0.3 is 0 Å². The first-order chi connectivity index (χ1) is 11.9. The molecular formula is C19H26N2O2S. The van der Waals surface area contributed by atoms with E-state index in [1.807, 2.05) is 0 Å². The zero-order valence-electron chi connectivity index (χ0n) is 14.1. The fourth-order valence-electron chi connectivity index (χ4n) is 2.74. The predicted molar refractivity (Wildman–Crippen MR) is 98.7 cm³/mol. The average Bonchev–Trinajstić information content (AvgIpc) is 3.15. The largest absolute Gasteiger partial charge is 0.488 e. The van der Waals surface area contributed by atoms with E-state index < -0.39 is 0 Å². The Kier molecular flexibility index (Phi) is 7.11. The summed E-state index contributed by atoms with van der Waals surface area (Å²) in [6.45, 7) is 7.69. The molecular weight excluding hydrogens is 320 g/mol. The zero-order valence-corrected chi connectivity index (χ0v) is 14.9. The molecule has 5 heteroatoms. The minimum absolute atomic E-state index is 0.650. The van der Waals surface area contributed by atoms with Gasteiger partial charge in [-0.1, -0.05) is 18.2 Å². The lowest BCUT2D eigenvalue weighted by Crippen LogP contribution is -2.37. The second kappa shape index (κ2) is 9.79. The highest BCUT2D eigenvalue weighted by Crippen LogP contribution is 2.16. The number of thiophene rings is 1. The van der Waals surface area contributed by atoms with Gasteiger partial charge in [0, 0.05) is 24.5 Å². The van der Waals surface area contributed by atoms with Crippen LogP contribution in [-0.2, 0) is 17.9 Å². The number of nitrogens with one attached hydrogen (secondary N) is 1.